The lowest BCUT2D eigenvalue weighted by Crippen LogP contribution is -2.44. The number of anilines is 1. The van der Waals surface area contributed by atoms with Crippen molar-refractivity contribution in [2.45, 2.75) is 24.8 Å². The number of likely N-dealkylation sites (tertiary alicyclic amines) is 1. The average molecular weight is 401 g/mol. The molecular formula is C26H28N2O2. The molecule has 0 saturated carbocycles. The molecule has 3 aromatic carbocycles. The third kappa shape index (κ3) is 4.48. The Morgan fingerprint density at radius 3 is 1.97 bits per heavy atom. The van der Waals surface area contributed by atoms with Crippen LogP contribution in [0.15, 0.2) is 84.9 Å². The van der Waals surface area contributed by atoms with E-state index in [-0.39, 0.29) is 11.8 Å². The fraction of sp³-hybridized carbons (Fsp3) is 0.269. The van der Waals surface area contributed by atoms with Gasteiger partial charge in [0.05, 0.1) is 18.7 Å². The molecule has 1 N–H and O–H groups in total. The Morgan fingerprint density at radius 2 is 1.40 bits per heavy atom. The van der Waals surface area contributed by atoms with Crippen molar-refractivity contribution < 1.29 is 9.53 Å². The summed E-state index contributed by atoms with van der Waals surface area (Å²) < 4.78 is 5.45. The van der Waals surface area contributed by atoms with Crippen molar-refractivity contribution in [3.63, 3.8) is 0 Å². The zero-order chi connectivity index (χ0) is 20.8. The van der Waals surface area contributed by atoms with Gasteiger partial charge in [-0.3, -0.25) is 4.79 Å². The number of piperidine rings is 1. The SMILES string of the molecule is COc1ccccc1NC1CCN(C(=O)C(c2ccccc2)c2ccccc2)CC1. The number of hydrogen-bond donors (Lipinski definition) is 1. The Morgan fingerprint density at radius 1 is 0.867 bits per heavy atom. The summed E-state index contributed by atoms with van der Waals surface area (Å²) in [5, 5.41) is 3.59. The van der Waals surface area contributed by atoms with Crippen LogP contribution >= 0.6 is 0 Å². The molecule has 0 radical (unpaired) electrons. The number of nitrogens with zero attached hydrogens (tertiary/aromatic N) is 1. The van der Waals surface area contributed by atoms with Gasteiger partial charge in [-0.05, 0) is 36.1 Å². The first kappa shape index (κ1) is 20.0. The number of benzene rings is 3. The highest BCUT2D eigenvalue weighted by Gasteiger charge is 2.30. The highest BCUT2D eigenvalue weighted by molar-refractivity contribution is 5.87. The van der Waals surface area contributed by atoms with Crippen molar-refractivity contribution in [2.75, 3.05) is 25.5 Å². The molecule has 0 spiro atoms. The number of hydrogen-bond acceptors (Lipinski definition) is 3. The maximum atomic E-state index is 13.6. The van der Waals surface area contributed by atoms with Gasteiger partial charge >= 0.3 is 0 Å². The molecule has 1 saturated heterocycles. The van der Waals surface area contributed by atoms with Crippen LogP contribution in [-0.2, 0) is 4.79 Å². The van der Waals surface area contributed by atoms with Crippen LogP contribution in [0, 0.1) is 0 Å². The highest BCUT2D eigenvalue weighted by atomic mass is 16.5. The standard InChI is InChI=1S/C26H28N2O2/c1-30-24-15-9-8-14-23(24)27-22-16-18-28(19-17-22)26(29)25(20-10-4-2-5-11-20)21-12-6-3-7-13-21/h2-15,22,25,27H,16-19H2,1H3. The number of nitrogens with one attached hydrogen (secondary N) is 1. The van der Waals surface area contributed by atoms with Gasteiger partial charge in [0.1, 0.15) is 5.75 Å². The van der Waals surface area contributed by atoms with E-state index in [0.29, 0.717) is 6.04 Å². The molecule has 0 atom stereocenters. The molecule has 1 amide bonds. The second-order valence-corrected chi connectivity index (χ2v) is 7.70. The van der Waals surface area contributed by atoms with Crippen LogP contribution in [0.25, 0.3) is 0 Å². The number of para-hydroxylation sites is 2. The molecule has 0 bridgehead atoms. The van der Waals surface area contributed by atoms with Gasteiger partial charge in [-0.15, -0.1) is 0 Å². The number of methoxy groups -OCH3 is 1. The van der Waals surface area contributed by atoms with Crippen molar-refractivity contribution in [3.8, 4) is 5.75 Å². The van der Waals surface area contributed by atoms with E-state index in [1.165, 1.54) is 0 Å². The molecule has 4 rings (SSSR count). The van der Waals surface area contributed by atoms with Gasteiger partial charge in [0, 0.05) is 19.1 Å². The van der Waals surface area contributed by atoms with Crippen molar-refractivity contribution in [1.82, 2.24) is 4.90 Å². The average Bonchev–Trinajstić information content (AvgIpc) is 2.81. The fourth-order valence-corrected chi connectivity index (χ4v) is 4.18. The first-order valence-electron chi connectivity index (χ1n) is 10.5. The predicted octanol–water partition coefficient (Wildman–Crippen LogP) is 4.93. The molecule has 1 aliphatic rings. The van der Waals surface area contributed by atoms with Gasteiger partial charge in [-0.2, -0.15) is 0 Å². The van der Waals surface area contributed by atoms with E-state index in [4.69, 9.17) is 4.74 Å². The normalized spacial score (nSPS) is 14.5. The van der Waals surface area contributed by atoms with Crippen LogP contribution in [0.3, 0.4) is 0 Å². The molecule has 30 heavy (non-hydrogen) atoms. The first-order valence-corrected chi connectivity index (χ1v) is 10.5. The Hall–Kier alpha value is -3.27. The minimum atomic E-state index is -0.258. The molecule has 3 aromatic rings. The summed E-state index contributed by atoms with van der Waals surface area (Å²) >= 11 is 0. The molecule has 1 fully saturated rings. The largest absolute Gasteiger partial charge is 0.495 e. The molecule has 1 aliphatic heterocycles. The lowest BCUT2D eigenvalue weighted by Gasteiger charge is -2.35. The van der Waals surface area contributed by atoms with E-state index in [0.717, 1.165) is 48.5 Å². The second-order valence-electron chi connectivity index (χ2n) is 7.70. The van der Waals surface area contributed by atoms with Gasteiger partial charge in [-0.1, -0.05) is 72.8 Å². The zero-order valence-corrected chi connectivity index (χ0v) is 17.3. The van der Waals surface area contributed by atoms with Gasteiger partial charge in [-0.25, -0.2) is 0 Å². The molecule has 0 aromatic heterocycles. The van der Waals surface area contributed by atoms with Crippen LogP contribution < -0.4 is 10.1 Å². The lowest BCUT2D eigenvalue weighted by molar-refractivity contribution is -0.132. The Bertz CT molecular complexity index is 912. The molecule has 0 aliphatic carbocycles. The van der Waals surface area contributed by atoms with Crippen molar-refractivity contribution in [2.24, 2.45) is 0 Å². The van der Waals surface area contributed by atoms with E-state index in [1.807, 2.05) is 89.8 Å². The Kier molecular flexibility index (Phi) is 6.33. The minimum Gasteiger partial charge on any atom is -0.495 e. The van der Waals surface area contributed by atoms with Crippen LogP contribution in [0.2, 0.25) is 0 Å². The topological polar surface area (TPSA) is 41.6 Å². The van der Waals surface area contributed by atoms with Crippen molar-refractivity contribution in [1.29, 1.82) is 0 Å². The number of amides is 1. The minimum absolute atomic E-state index is 0.183. The van der Waals surface area contributed by atoms with Crippen molar-refractivity contribution >= 4 is 11.6 Å². The maximum Gasteiger partial charge on any atom is 0.234 e. The van der Waals surface area contributed by atoms with Gasteiger partial charge in [0.2, 0.25) is 5.91 Å². The summed E-state index contributed by atoms with van der Waals surface area (Å²) in [5.41, 5.74) is 3.10. The summed E-state index contributed by atoms with van der Waals surface area (Å²) in [6, 6.07) is 28.5. The zero-order valence-electron chi connectivity index (χ0n) is 17.3. The highest BCUT2D eigenvalue weighted by Crippen LogP contribution is 2.30. The Labute approximate surface area is 178 Å². The van der Waals surface area contributed by atoms with Gasteiger partial charge in [0.15, 0.2) is 0 Å². The molecule has 1 heterocycles. The number of carbonyl (C=O) groups excluding carboxylic acids is 1. The number of rotatable bonds is 6. The summed E-state index contributed by atoms with van der Waals surface area (Å²) in [6.45, 7) is 1.50. The summed E-state index contributed by atoms with van der Waals surface area (Å²) in [6.07, 6.45) is 1.83. The van der Waals surface area contributed by atoms with Gasteiger partial charge < -0.3 is 15.0 Å². The smallest absolute Gasteiger partial charge is 0.234 e. The maximum absolute atomic E-state index is 13.6. The summed E-state index contributed by atoms with van der Waals surface area (Å²) in [4.78, 5) is 15.6. The molecule has 154 valence electrons. The molecular weight excluding hydrogens is 372 g/mol. The van der Waals surface area contributed by atoms with Crippen LogP contribution in [0.5, 0.6) is 5.75 Å². The monoisotopic (exact) mass is 400 g/mol. The lowest BCUT2D eigenvalue weighted by atomic mass is 9.89. The van der Waals surface area contributed by atoms with Crippen LogP contribution in [-0.4, -0.2) is 37.0 Å². The van der Waals surface area contributed by atoms with E-state index >= 15 is 0 Å². The third-order valence-electron chi connectivity index (χ3n) is 5.79. The van der Waals surface area contributed by atoms with Crippen LogP contribution in [0.4, 0.5) is 5.69 Å². The van der Waals surface area contributed by atoms with E-state index in [2.05, 4.69) is 5.32 Å². The Balaban J connectivity index is 1.46. The quantitative estimate of drug-likeness (QED) is 0.638. The van der Waals surface area contributed by atoms with E-state index in [9.17, 15) is 4.79 Å². The predicted molar refractivity (Wildman–Crippen MR) is 121 cm³/mol. The first-order chi connectivity index (χ1) is 14.8. The van der Waals surface area contributed by atoms with Crippen molar-refractivity contribution in [3.05, 3.63) is 96.1 Å². The van der Waals surface area contributed by atoms with Gasteiger partial charge in [0.25, 0.3) is 0 Å². The molecule has 4 heteroatoms. The fourth-order valence-electron chi connectivity index (χ4n) is 4.18. The van der Waals surface area contributed by atoms with Crippen LogP contribution in [0.1, 0.15) is 29.9 Å². The number of ether oxygens (including phenoxy) is 1. The summed E-state index contributed by atoms with van der Waals surface area (Å²) in [5.74, 6) is 0.776. The second kappa shape index (κ2) is 9.49. The summed E-state index contributed by atoms with van der Waals surface area (Å²) in [7, 11) is 1.69. The third-order valence-corrected chi connectivity index (χ3v) is 5.79. The van der Waals surface area contributed by atoms with E-state index < -0.39 is 0 Å². The molecule has 4 nitrogen and oxygen atoms in total. The molecule has 0 unspecified atom stereocenters. The number of carbonyl (C=O) groups is 1. The van der Waals surface area contributed by atoms with E-state index in [1.54, 1.807) is 7.11 Å².